The molecule has 3 aromatic rings. The Hall–Kier alpha value is -3.51. The van der Waals surface area contributed by atoms with Crippen LogP contribution in [0.3, 0.4) is 0 Å². The van der Waals surface area contributed by atoms with E-state index in [1.165, 1.54) is 0 Å². The fraction of sp³-hybridized carbons (Fsp3) is 0.200. The van der Waals surface area contributed by atoms with Crippen molar-refractivity contribution in [2.75, 3.05) is 18.4 Å². The molecule has 32 heavy (non-hydrogen) atoms. The third-order valence-corrected chi connectivity index (χ3v) is 5.62. The van der Waals surface area contributed by atoms with Crippen molar-refractivity contribution in [3.63, 3.8) is 0 Å². The van der Waals surface area contributed by atoms with E-state index in [9.17, 15) is 0 Å². The van der Waals surface area contributed by atoms with Crippen molar-refractivity contribution in [2.45, 2.75) is 20.8 Å². The van der Waals surface area contributed by atoms with Gasteiger partial charge in [0.2, 0.25) is 11.3 Å². The number of fused-ring (bicyclic) bond motifs is 4. The van der Waals surface area contributed by atoms with E-state index < -0.39 is 0 Å². The number of nitrogens with zero attached hydrogens (tertiary/aromatic N) is 4. The van der Waals surface area contributed by atoms with Crippen molar-refractivity contribution in [1.29, 1.82) is 0 Å². The second-order valence-corrected chi connectivity index (χ2v) is 7.51. The Balaban J connectivity index is 0.00000245. The summed E-state index contributed by atoms with van der Waals surface area (Å²) < 4.78 is 8.74. The van der Waals surface area contributed by atoms with Gasteiger partial charge in [-0.05, 0) is 32.4 Å². The SMILES string of the molecule is CC[N+](CC)=c1cc2oc3cc(Nc4ncccn4)c4ccccc4c3nc-2c(C)c1.[Cl-]. The second kappa shape index (κ2) is 8.93. The fourth-order valence-electron chi connectivity index (χ4n) is 4.07. The van der Waals surface area contributed by atoms with Crippen LogP contribution in [0.5, 0.6) is 0 Å². The number of rotatable bonds is 4. The van der Waals surface area contributed by atoms with Crippen LogP contribution in [-0.2, 0) is 0 Å². The van der Waals surface area contributed by atoms with Crippen LogP contribution in [0, 0.1) is 6.92 Å². The highest BCUT2D eigenvalue weighted by atomic mass is 35.5. The number of hydrogen-bond donors (Lipinski definition) is 1. The molecule has 0 fully saturated rings. The Labute approximate surface area is 192 Å². The molecule has 1 N–H and O–H groups in total. The van der Waals surface area contributed by atoms with Crippen LogP contribution in [0.15, 0.2) is 65.3 Å². The largest absolute Gasteiger partial charge is 1.00 e. The number of hydrogen-bond acceptors (Lipinski definition) is 5. The molecular formula is C25H24ClN5O. The smallest absolute Gasteiger partial charge is 0.227 e. The van der Waals surface area contributed by atoms with Crippen molar-refractivity contribution >= 4 is 33.5 Å². The molecule has 0 radical (unpaired) electrons. The van der Waals surface area contributed by atoms with Gasteiger partial charge < -0.3 is 22.1 Å². The summed E-state index contributed by atoms with van der Waals surface area (Å²) in [6.45, 7) is 8.30. The molecule has 2 aliphatic rings. The van der Waals surface area contributed by atoms with E-state index >= 15 is 0 Å². The molecule has 1 aliphatic heterocycles. The van der Waals surface area contributed by atoms with Gasteiger partial charge >= 0.3 is 0 Å². The molecule has 2 heterocycles. The summed E-state index contributed by atoms with van der Waals surface area (Å²) in [5, 5.41) is 6.55. The van der Waals surface area contributed by atoms with Crippen molar-refractivity contribution in [3.05, 3.63) is 71.8 Å². The Kier molecular flexibility index (Phi) is 6.06. The molecular weight excluding hydrogens is 422 g/mol. The Bertz CT molecular complexity index is 1440. The molecule has 1 aromatic heterocycles. The molecule has 0 atom stereocenters. The van der Waals surface area contributed by atoms with Crippen LogP contribution in [0.1, 0.15) is 19.4 Å². The molecule has 0 saturated carbocycles. The predicted octanol–water partition coefficient (Wildman–Crippen LogP) is 1.74. The minimum atomic E-state index is 0. The predicted molar refractivity (Wildman–Crippen MR) is 125 cm³/mol. The summed E-state index contributed by atoms with van der Waals surface area (Å²) in [6, 6.07) is 16.2. The summed E-state index contributed by atoms with van der Waals surface area (Å²) in [5.74, 6) is 1.33. The highest BCUT2D eigenvalue weighted by Gasteiger charge is 2.18. The summed E-state index contributed by atoms with van der Waals surface area (Å²) in [4.78, 5) is 13.6. The Morgan fingerprint density at radius 3 is 2.38 bits per heavy atom. The van der Waals surface area contributed by atoms with Gasteiger partial charge in [0.05, 0.1) is 11.8 Å². The molecule has 0 saturated heterocycles. The maximum absolute atomic E-state index is 6.42. The second-order valence-electron chi connectivity index (χ2n) is 7.51. The zero-order valence-corrected chi connectivity index (χ0v) is 19.0. The third kappa shape index (κ3) is 3.78. The molecule has 5 rings (SSSR count). The lowest BCUT2D eigenvalue weighted by Gasteiger charge is -2.14. The first-order chi connectivity index (χ1) is 15.2. The van der Waals surface area contributed by atoms with Crippen LogP contribution >= 0.6 is 0 Å². The normalized spacial score (nSPS) is 11.0. The summed E-state index contributed by atoms with van der Waals surface area (Å²) in [7, 11) is 0. The van der Waals surface area contributed by atoms with Crippen LogP contribution < -0.4 is 27.7 Å². The van der Waals surface area contributed by atoms with Crippen LogP contribution in [-0.4, -0.2) is 28.0 Å². The van der Waals surface area contributed by atoms with E-state index in [2.05, 4.69) is 64.9 Å². The average molecular weight is 446 g/mol. The molecule has 6 nitrogen and oxygen atoms in total. The first-order valence-electron chi connectivity index (χ1n) is 10.6. The van der Waals surface area contributed by atoms with E-state index in [0.717, 1.165) is 63.0 Å². The van der Waals surface area contributed by atoms with E-state index in [1.54, 1.807) is 18.5 Å². The minimum absolute atomic E-state index is 0. The molecule has 7 heteroatoms. The number of halogens is 1. The number of aryl methyl sites for hydroxylation is 1. The molecule has 162 valence electrons. The van der Waals surface area contributed by atoms with Crippen molar-refractivity contribution in [3.8, 4) is 11.5 Å². The van der Waals surface area contributed by atoms with Crippen molar-refractivity contribution in [1.82, 2.24) is 19.5 Å². The highest BCUT2D eigenvalue weighted by molar-refractivity contribution is 6.10. The summed E-state index contributed by atoms with van der Waals surface area (Å²) in [6.07, 6.45) is 3.44. The maximum Gasteiger partial charge on any atom is 0.227 e. The third-order valence-electron chi connectivity index (χ3n) is 5.62. The van der Waals surface area contributed by atoms with E-state index in [-0.39, 0.29) is 12.4 Å². The first-order valence-corrected chi connectivity index (χ1v) is 10.6. The Morgan fingerprint density at radius 2 is 1.66 bits per heavy atom. The topological polar surface area (TPSA) is 66.8 Å². The maximum atomic E-state index is 6.42. The van der Waals surface area contributed by atoms with Gasteiger partial charge in [-0.25, -0.2) is 19.5 Å². The quantitative estimate of drug-likeness (QED) is 0.259. The van der Waals surface area contributed by atoms with E-state index in [1.807, 2.05) is 18.2 Å². The average Bonchev–Trinajstić information content (AvgIpc) is 2.80. The van der Waals surface area contributed by atoms with Gasteiger partial charge in [-0.15, -0.1) is 0 Å². The fourth-order valence-corrected chi connectivity index (χ4v) is 4.07. The minimum Gasteiger partial charge on any atom is -1.00 e. The van der Waals surface area contributed by atoms with Crippen molar-refractivity contribution < 1.29 is 16.8 Å². The van der Waals surface area contributed by atoms with Crippen LogP contribution in [0.2, 0.25) is 0 Å². The number of benzene rings is 3. The van der Waals surface area contributed by atoms with Gasteiger partial charge in [0.1, 0.15) is 24.3 Å². The molecule has 2 aromatic carbocycles. The highest BCUT2D eigenvalue weighted by Crippen LogP contribution is 2.35. The summed E-state index contributed by atoms with van der Waals surface area (Å²) in [5.41, 5.74) is 4.45. The standard InChI is InChI=1S/C25H23N5O.ClH/c1-4-30(5-2)17-13-16(3)23-21(14-17)31-22-15-20(28-25-26-11-8-12-27-25)18-9-6-7-10-19(18)24(22)29-23;/h6-15H,4-5H2,1-3H3;1H. The van der Waals surface area contributed by atoms with Crippen LogP contribution in [0.25, 0.3) is 33.3 Å². The Morgan fingerprint density at radius 1 is 0.938 bits per heavy atom. The molecule has 1 aliphatic carbocycles. The molecule has 0 unspecified atom stereocenters. The monoisotopic (exact) mass is 445 g/mol. The number of anilines is 2. The lowest BCUT2D eigenvalue weighted by Crippen LogP contribution is -3.00. The van der Waals surface area contributed by atoms with Crippen molar-refractivity contribution in [2.24, 2.45) is 0 Å². The lowest BCUT2D eigenvalue weighted by atomic mass is 10.1. The zero-order chi connectivity index (χ0) is 21.4. The molecule has 0 bridgehead atoms. The van der Waals surface area contributed by atoms with Crippen LogP contribution in [0.4, 0.5) is 11.6 Å². The molecule has 0 amide bonds. The van der Waals surface area contributed by atoms with Gasteiger partial charge in [0.15, 0.2) is 11.3 Å². The zero-order valence-electron chi connectivity index (χ0n) is 18.3. The van der Waals surface area contributed by atoms with Gasteiger partial charge in [0, 0.05) is 35.3 Å². The van der Waals surface area contributed by atoms with Gasteiger partial charge in [-0.2, -0.15) is 0 Å². The van der Waals surface area contributed by atoms with E-state index in [4.69, 9.17) is 9.40 Å². The molecule has 0 spiro atoms. The number of nitrogens with one attached hydrogen (secondary N) is 1. The van der Waals surface area contributed by atoms with Gasteiger partial charge in [-0.3, -0.25) is 0 Å². The van der Waals surface area contributed by atoms with Gasteiger partial charge in [0.25, 0.3) is 0 Å². The first kappa shape index (κ1) is 21.7. The summed E-state index contributed by atoms with van der Waals surface area (Å²) >= 11 is 0. The number of aromatic nitrogens is 3. The van der Waals surface area contributed by atoms with E-state index in [0.29, 0.717) is 5.95 Å². The van der Waals surface area contributed by atoms with Gasteiger partial charge in [-0.1, -0.05) is 24.3 Å². The lowest BCUT2D eigenvalue weighted by molar-refractivity contribution is -0.00000699.